The fraction of sp³-hybridized carbons (Fsp3) is 0.643. The Labute approximate surface area is 104 Å². The molecule has 94 valence electrons. The highest BCUT2D eigenvalue weighted by Crippen LogP contribution is 2.20. The van der Waals surface area contributed by atoms with Crippen LogP contribution in [-0.4, -0.2) is 17.1 Å². The van der Waals surface area contributed by atoms with Gasteiger partial charge in [-0.05, 0) is 31.7 Å². The molecule has 3 heteroatoms. The lowest BCUT2D eigenvalue weighted by Gasteiger charge is -2.18. The molecule has 17 heavy (non-hydrogen) atoms. The largest absolute Gasteiger partial charge is 0.490 e. The van der Waals surface area contributed by atoms with Crippen LogP contribution in [0.5, 0.6) is 5.75 Å². The van der Waals surface area contributed by atoms with Crippen LogP contribution in [0.25, 0.3) is 0 Å². The number of aromatic nitrogens is 1. The van der Waals surface area contributed by atoms with E-state index in [1.54, 1.807) is 0 Å². The summed E-state index contributed by atoms with van der Waals surface area (Å²) in [6, 6.07) is 4.68. The Morgan fingerprint density at radius 3 is 2.82 bits per heavy atom. The van der Waals surface area contributed by atoms with Gasteiger partial charge in [0.05, 0.1) is 11.8 Å². The average molecular weight is 234 g/mol. The van der Waals surface area contributed by atoms with E-state index in [4.69, 9.17) is 4.74 Å². The van der Waals surface area contributed by atoms with Crippen LogP contribution in [0.2, 0.25) is 0 Å². The van der Waals surface area contributed by atoms with Crippen molar-refractivity contribution in [2.45, 2.75) is 52.3 Å². The predicted molar refractivity (Wildman–Crippen MR) is 69.0 cm³/mol. The molecule has 0 aromatic carbocycles. The predicted octanol–water partition coefficient (Wildman–Crippen LogP) is 2.76. The molecule has 1 saturated carbocycles. The highest BCUT2D eigenvalue weighted by atomic mass is 16.5. The summed E-state index contributed by atoms with van der Waals surface area (Å²) in [4.78, 5) is 4.35. The molecule has 1 aliphatic rings. The summed E-state index contributed by atoms with van der Waals surface area (Å²) in [5, 5.41) is 3.46. The molecule has 0 spiro atoms. The van der Waals surface area contributed by atoms with Gasteiger partial charge in [0, 0.05) is 24.8 Å². The van der Waals surface area contributed by atoms with Crippen LogP contribution in [0.15, 0.2) is 18.3 Å². The van der Waals surface area contributed by atoms with E-state index in [0.29, 0.717) is 5.92 Å². The monoisotopic (exact) mass is 234 g/mol. The van der Waals surface area contributed by atoms with E-state index >= 15 is 0 Å². The zero-order valence-electron chi connectivity index (χ0n) is 10.9. The number of nitrogens with one attached hydrogen (secondary N) is 1. The molecule has 1 atom stereocenters. The topological polar surface area (TPSA) is 34.1 Å². The molecule has 1 aromatic heterocycles. The summed E-state index contributed by atoms with van der Waals surface area (Å²) < 4.78 is 5.87. The van der Waals surface area contributed by atoms with Gasteiger partial charge in [0.1, 0.15) is 5.75 Å². The Morgan fingerprint density at radius 1 is 1.41 bits per heavy atom. The van der Waals surface area contributed by atoms with Crippen LogP contribution in [0, 0.1) is 5.92 Å². The van der Waals surface area contributed by atoms with Crippen LogP contribution in [0.3, 0.4) is 0 Å². The minimum atomic E-state index is 0.238. The number of nitrogens with zero attached hydrogens (tertiary/aromatic N) is 1. The van der Waals surface area contributed by atoms with Crippen molar-refractivity contribution in [1.29, 1.82) is 0 Å². The van der Waals surface area contributed by atoms with Gasteiger partial charge in [-0.2, -0.15) is 0 Å². The van der Waals surface area contributed by atoms with Gasteiger partial charge in [0.25, 0.3) is 0 Å². The molecule has 0 saturated heterocycles. The molecule has 1 N–H and O–H groups in total. The molecule has 0 radical (unpaired) electrons. The molecule has 1 aliphatic carbocycles. The Bertz CT molecular complexity index is 361. The van der Waals surface area contributed by atoms with Crippen molar-refractivity contribution < 1.29 is 4.74 Å². The summed E-state index contributed by atoms with van der Waals surface area (Å²) in [6.07, 6.45) is 4.68. The van der Waals surface area contributed by atoms with Gasteiger partial charge in [0.15, 0.2) is 0 Å². The lowest BCUT2D eigenvalue weighted by Crippen LogP contribution is -2.19. The molecule has 1 heterocycles. The summed E-state index contributed by atoms with van der Waals surface area (Å²) in [7, 11) is 0. The number of hydrogen-bond acceptors (Lipinski definition) is 3. The van der Waals surface area contributed by atoms with E-state index in [-0.39, 0.29) is 6.10 Å². The maximum absolute atomic E-state index is 5.87. The SMILES string of the molecule is CC(C)C(C)Oc1ccnc(CNC2CC2)c1. The molecule has 1 aromatic rings. The summed E-state index contributed by atoms with van der Waals surface area (Å²) in [6.45, 7) is 7.29. The molecular formula is C14H22N2O. The smallest absolute Gasteiger partial charge is 0.123 e. The normalized spacial score (nSPS) is 17.2. The quantitative estimate of drug-likeness (QED) is 0.822. The first-order chi connectivity index (χ1) is 8.15. The van der Waals surface area contributed by atoms with Crippen molar-refractivity contribution in [3.05, 3.63) is 24.0 Å². The van der Waals surface area contributed by atoms with Gasteiger partial charge >= 0.3 is 0 Å². The third-order valence-electron chi connectivity index (χ3n) is 3.20. The van der Waals surface area contributed by atoms with E-state index in [9.17, 15) is 0 Å². The molecule has 1 fully saturated rings. The number of pyridine rings is 1. The van der Waals surface area contributed by atoms with Crippen LogP contribution < -0.4 is 10.1 Å². The summed E-state index contributed by atoms with van der Waals surface area (Å²) in [5.41, 5.74) is 1.06. The first kappa shape index (κ1) is 12.4. The van der Waals surface area contributed by atoms with E-state index in [1.165, 1.54) is 12.8 Å². The van der Waals surface area contributed by atoms with E-state index in [2.05, 4.69) is 31.1 Å². The molecule has 0 amide bonds. The molecular weight excluding hydrogens is 212 g/mol. The Morgan fingerprint density at radius 2 is 2.18 bits per heavy atom. The highest BCUT2D eigenvalue weighted by molar-refractivity contribution is 5.23. The standard InChI is InChI=1S/C14H22N2O/c1-10(2)11(3)17-14-6-7-15-13(8-14)9-16-12-4-5-12/h6-8,10-12,16H,4-5,9H2,1-3H3. The average Bonchev–Trinajstić information content (AvgIpc) is 3.10. The Balaban J connectivity index is 1.90. The molecule has 0 aliphatic heterocycles. The van der Waals surface area contributed by atoms with Gasteiger partial charge in [-0.3, -0.25) is 4.98 Å². The zero-order chi connectivity index (χ0) is 12.3. The van der Waals surface area contributed by atoms with Gasteiger partial charge < -0.3 is 10.1 Å². The third-order valence-corrected chi connectivity index (χ3v) is 3.20. The zero-order valence-corrected chi connectivity index (χ0v) is 10.9. The first-order valence-corrected chi connectivity index (χ1v) is 6.50. The van der Waals surface area contributed by atoms with Crippen LogP contribution >= 0.6 is 0 Å². The minimum absolute atomic E-state index is 0.238. The van der Waals surface area contributed by atoms with Crippen LogP contribution in [0.1, 0.15) is 39.3 Å². The molecule has 0 bridgehead atoms. The van der Waals surface area contributed by atoms with E-state index in [0.717, 1.165) is 24.0 Å². The van der Waals surface area contributed by atoms with E-state index < -0.39 is 0 Å². The van der Waals surface area contributed by atoms with Crippen LogP contribution in [-0.2, 0) is 6.54 Å². The van der Waals surface area contributed by atoms with Crippen LogP contribution in [0.4, 0.5) is 0 Å². The van der Waals surface area contributed by atoms with Crippen molar-refractivity contribution in [3.63, 3.8) is 0 Å². The van der Waals surface area contributed by atoms with Crippen molar-refractivity contribution >= 4 is 0 Å². The van der Waals surface area contributed by atoms with E-state index in [1.807, 2.05) is 18.3 Å². The Kier molecular flexibility index (Phi) is 4.00. The number of rotatable bonds is 6. The van der Waals surface area contributed by atoms with Gasteiger partial charge in [-0.25, -0.2) is 0 Å². The van der Waals surface area contributed by atoms with Gasteiger partial charge in [-0.1, -0.05) is 13.8 Å². The fourth-order valence-corrected chi connectivity index (χ4v) is 1.51. The lowest BCUT2D eigenvalue weighted by atomic mass is 10.1. The van der Waals surface area contributed by atoms with Gasteiger partial charge in [-0.15, -0.1) is 0 Å². The second-order valence-electron chi connectivity index (χ2n) is 5.21. The second kappa shape index (κ2) is 5.50. The maximum Gasteiger partial charge on any atom is 0.123 e. The maximum atomic E-state index is 5.87. The van der Waals surface area contributed by atoms with Gasteiger partial charge in [0.2, 0.25) is 0 Å². The molecule has 2 rings (SSSR count). The lowest BCUT2D eigenvalue weighted by molar-refractivity contribution is 0.170. The molecule has 3 nitrogen and oxygen atoms in total. The third kappa shape index (κ3) is 4.00. The minimum Gasteiger partial charge on any atom is -0.490 e. The van der Waals surface area contributed by atoms with Crippen molar-refractivity contribution in [2.75, 3.05) is 0 Å². The number of ether oxygens (including phenoxy) is 1. The summed E-state index contributed by atoms with van der Waals surface area (Å²) in [5.74, 6) is 1.45. The van der Waals surface area contributed by atoms with Crippen molar-refractivity contribution in [3.8, 4) is 5.75 Å². The van der Waals surface area contributed by atoms with Crippen molar-refractivity contribution in [1.82, 2.24) is 10.3 Å². The Hall–Kier alpha value is -1.09. The summed E-state index contributed by atoms with van der Waals surface area (Å²) >= 11 is 0. The molecule has 1 unspecified atom stereocenters. The fourth-order valence-electron chi connectivity index (χ4n) is 1.51. The second-order valence-corrected chi connectivity index (χ2v) is 5.21. The first-order valence-electron chi connectivity index (χ1n) is 6.50. The van der Waals surface area contributed by atoms with Crippen molar-refractivity contribution in [2.24, 2.45) is 5.92 Å². The number of hydrogen-bond donors (Lipinski definition) is 1. The highest BCUT2D eigenvalue weighted by Gasteiger charge is 2.20.